The van der Waals surface area contributed by atoms with E-state index in [1.807, 2.05) is 0 Å². The number of benzene rings is 6. The van der Waals surface area contributed by atoms with Crippen molar-refractivity contribution in [1.82, 2.24) is 0 Å². The van der Waals surface area contributed by atoms with Crippen LogP contribution in [-0.4, -0.2) is 61.9 Å². The Morgan fingerprint density at radius 2 is 0.849 bits per heavy atom. The molecule has 53 heavy (non-hydrogen) atoms. The number of methoxy groups -OCH3 is 3. The van der Waals surface area contributed by atoms with Crippen molar-refractivity contribution in [3.05, 3.63) is 97.1 Å². The third-order valence-corrected chi connectivity index (χ3v) is 11.5. The number of phenols is 3. The van der Waals surface area contributed by atoms with Crippen LogP contribution < -0.4 is 26.8 Å². The Morgan fingerprint density at radius 1 is 0.415 bits per heavy atom. The van der Waals surface area contributed by atoms with Crippen LogP contribution >= 0.6 is 0 Å². The van der Waals surface area contributed by atoms with E-state index in [1.54, 1.807) is 24.3 Å². The Kier molecular flexibility index (Phi) is 9.54. The van der Waals surface area contributed by atoms with Gasteiger partial charge in [-0.15, -0.1) is 0 Å². The lowest BCUT2D eigenvalue weighted by atomic mass is 10.0. The van der Waals surface area contributed by atoms with Crippen LogP contribution in [-0.2, 0) is 30.4 Å². The first-order valence-corrected chi connectivity index (χ1v) is 19.2. The molecular formula is C35H28O15S3. The highest BCUT2D eigenvalue weighted by atomic mass is 32.2. The lowest BCUT2D eigenvalue weighted by molar-refractivity contribution is 0.371. The second kappa shape index (κ2) is 13.8. The molecule has 276 valence electrons. The number of ether oxygens (including phenoxy) is 3. The number of fused-ring (bicyclic) bond motifs is 2. The van der Waals surface area contributed by atoms with Crippen molar-refractivity contribution in [2.45, 2.75) is 14.7 Å². The van der Waals surface area contributed by atoms with E-state index in [4.69, 9.17) is 26.8 Å². The largest absolute Gasteiger partial charge is 0.504 e. The van der Waals surface area contributed by atoms with E-state index < -0.39 is 56.5 Å². The normalized spacial score (nSPS) is 12.0. The number of hydrogen-bond donors (Lipinski definition) is 3. The van der Waals surface area contributed by atoms with Gasteiger partial charge >= 0.3 is 30.4 Å². The highest BCUT2D eigenvalue weighted by Gasteiger charge is 2.29. The van der Waals surface area contributed by atoms with Gasteiger partial charge in [-0.25, -0.2) is 0 Å². The van der Waals surface area contributed by atoms with E-state index >= 15 is 0 Å². The molecule has 3 N–H and O–H groups in total. The van der Waals surface area contributed by atoms with Crippen molar-refractivity contribution >= 4 is 51.9 Å². The lowest BCUT2D eigenvalue weighted by Gasteiger charge is -2.18. The first-order valence-electron chi connectivity index (χ1n) is 15.0. The summed E-state index contributed by atoms with van der Waals surface area (Å²) >= 11 is 0. The lowest BCUT2D eigenvalue weighted by Crippen LogP contribution is -2.14. The Bertz CT molecular complexity index is 2750. The average molecular weight is 785 g/mol. The zero-order valence-corrected chi connectivity index (χ0v) is 30.2. The molecule has 0 amide bonds. The molecule has 0 aliphatic carbocycles. The van der Waals surface area contributed by atoms with Crippen LogP contribution in [0.3, 0.4) is 0 Å². The average Bonchev–Trinajstić information content (AvgIpc) is 3.12. The minimum Gasteiger partial charge on any atom is -0.504 e. The molecule has 18 heteroatoms. The van der Waals surface area contributed by atoms with Crippen molar-refractivity contribution in [1.29, 1.82) is 0 Å². The number of phenolic OH excluding ortho intramolecular Hbond substituents is 3. The molecule has 15 nitrogen and oxygen atoms in total. The summed E-state index contributed by atoms with van der Waals surface area (Å²) < 4.78 is 114. The predicted molar refractivity (Wildman–Crippen MR) is 189 cm³/mol. The molecule has 6 aromatic rings. The first-order chi connectivity index (χ1) is 25.1. The molecule has 0 aliphatic heterocycles. The van der Waals surface area contributed by atoms with E-state index in [0.29, 0.717) is 5.39 Å². The topological polar surface area (TPSA) is 218 Å². The second-order valence-corrected chi connectivity index (χ2v) is 15.7. The monoisotopic (exact) mass is 784 g/mol. The molecule has 0 aliphatic rings. The molecule has 0 saturated carbocycles. The highest BCUT2D eigenvalue weighted by molar-refractivity contribution is 7.87. The van der Waals surface area contributed by atoms with Gasteiger partial charge in [0.2, 0.25) is 0 Å². The molecule has 0 atom stereocenters. The first kappa shape index (κ1) is 36.7. The molecule has 0 bridgehead atoms. The van der Waals surface area contributed by atoms with Crippen molar-refractivity contribution in [2.24, 2.45) is 0 Å². The summed E-state index contributed by atoms with van der Waals surface area (Å²) in [6.07, 6.45) is 0. The van der Waals surface area contributed by atoms with Gasteiger partial charge in [0.05, 0.1) is 21.3 Å². The predicted octanol–water partition coefficient (Wildman–Crippen LogP) is 5.44. The Hall–Kier alpha value is -6.11. The Morgan fingerprint density at radius 3 is 1.32 bits per heavy atom. The Labute approximate surface area is 303 Å². The number of aromatic hydroxyl groups is 3. The number of hydrogen-bond acceptors (Lipinski definition) is 15. The molecule has 0 unspecified atom stereocenters. The molecule has 0 heterocycles. The summed E-state index contributed by atoms with van der Waals surface area (Å²) in [5, 5.41) is 30.4. The summed E-state index contributed by atoms with van der Waals surface area (Å²) in [5.41, 5.74) is 0. The maximum atomic E-state index is 13.8. The number of rotatable bonds is 12. The van der Waals surface area contributed by atoms with Crippen LogP contribution in [0, 0.1) is 0 Å². The van der Waals surface area contributed by atoms with Crippen LogP contribution in [0.2, 0.25) is 0 Å². The molecule has 0 aromatic heterocycles. The van der Waals surface area contributed by atoms with Gasteiger partial charge in [0.25, 0.3) is 0 Å². The summed E-state index contributed by atoms with van der Waals surface area (Å²) in [5.74, 6) is -3.28. The van der Waals surface area contributed by atoms with Crippen LogP contribution in [0.15, 0.2) is 112 Å². The Balaban J connectivity index is 1.59. The van der Waals surface area contributed by atoms with Gasteiger partial charge in [-0.05, 0) is 60.0 Å². The van der Waals surface area contributed by atoms with Crippen molar-refractivity contribution < 1.29 is 67.3 Å². The molecule has 0 spiro atoms. The van der Waals surface area contributed by atoms with Crippen molar-refractivity contribution in [3.8, 4) is 51.7 Å². The molecular weight excluding hydrogens is 757 g/mol. The van der Waals surface area contributed by atoms with Crippen LogP contribution in [0.1, 0.15) is 0 Å². The summed E-state index contributed by atoms with van der Waals surface area (Å²) in [4.78, 5) is -1.39. The summed E-state index contributed by atoms with van der Waals surface area (Å²) in [6.45, 7) is 0. The summed E-state index contributed by atoms with van der Waals surface area (Å²) in [7, 11) is -10.7. The fraction of sp³-hybridized carbons (Fsp3) is 0.0857. The van der Waals surface area contributed by atoms with Gasteiger partial charge in [-0.2, -0.15) is 25.3 Å². The van der Waals surface area contributed by atoms with Gasteiger partial charge in [-0.3, -0.25) is 0 Å². The van der Waals surface area contributed by atoms with Gasteiger partial charge in [0.1, 0.15) is 14.7 Å². The smallest absolute Gasteiger partial charge is 0.339 e. The maximum absolute atomic E-state index is 13.8. The van der Waals surface area contributed by atoms with Gasteiger partial charge in [0.15, 0.2) is 51.7 Å². The van der Waals surface area contributed by atoms with E-state index in [9.17, 15) is 40.6 Å². The summed E-state index contributed by atoms with van der Waals surface area (Å²) in [6, 6.07) is 19.3. The minimum atomic E-state index is -4.88. The van der Waals surface area contributed by atoms with E-state index in [-0.39, 0.29) is 56.4 Å². The molecule has 0 radical (unpaired) electrons. The fourth-order valence-corrected chi connectivity index (χ4v) is 8.12. The van der Waals surface area contributed by atoms with E-state index in [2.05, 4.69) is 0 Å². The fourth-order valence-electron chi connectivity index (χ4n) is 5.21. The SMILES string of the molecule is COc1cc(S(=O)(=O)Oc2ccc3c(OS(=O)(=O)c4ccc(O)c(OC)c4)c4ccccc4cc3c2OS(=O)(=O)c2ccc(O)c(OC)c2)ccc1O. The maximum Gasteiger partial charge on any atom is 0.339 e. The zero-order chi connectivity index (χ0) is 38.3. The molecule has 6 rings (SSSR count). The van der Waals surface area contributed by atoms with Gasteiger partial charge in [0, 0.05) is 34.4 Å². The van der Waals surface area contributed by atoms with Crippen LogP contribution in [0.4, 0.5) is 0 Å². The molecule has 6 aromatic carbocycles. The minimum absolute atomic E-state index is 0.0532. The quantitative estimate of drug-likeness (QED) is 0.104. The van der Waals surface area contributed by atoms with Gasteiger partial charge in [-0.1, -0.05) is 24.3 Å². The van der Waals surface area contributed by atoms with Crippen molar-refractivity contribution in [2.75, 3.05) is 21.3 Å². The highest BCUT2D eigenvalue weighted by Crippen LogP contribution is 2.46. The van der Waals surface area contributed by atoms with E-state index in [1.165, 1.54) is 33.5 Å². The second-order valence-electron chi connectivity index (χ2n) is 11.0. The van der Waals surface area contributed by atoms with Gasteiger partial charge < -0.3 is 42.1 Å². The zero-order valence-electron chi connectivity index (χ0n) is 27.7. The van der Waals surface area contributed by atoms with Crippen LogP contribution in [0.25, 0.3) is 21.5 Å². The third kappa shape index (κ3) is 7.06. The standard InChI is InChI=1S/C35H28O15S3/c1-45-31-17-21(8-12-27(31)36)51(39,40)48-30-15-11-25-26(35(30)50-53(43,44)23-10-14-29(38)33(19-23)47-3)16-20-6-4-5-7-24(20)34(25)49-52(41,42)22-9-13-28(37)32(18-22)46-2/h4-19,36-38H,1-3H3. The van der Waals surface area contributed by atoms with E-state index in [0.717, 1.165) is 60.7 Å². The molecule has 0 fully saturated rings. The van der Waals surface area contributed by atoms with Crippen molar-refractivity contribution in [3.63, 3.8) is 0 Å². The third-order valence-electron chi connectivity index (χ3n) is 7.82. The molecule has 0 saturated heterocycles. The van der Waals surface area contributed by atoms with Crippen LogP contribution in [0.5, 0.6) is 51.7 Å².